The van der Waals surface area contributed by atoms with E-state index in [4.69, 9.17) is 15.4 Å². The highest BCUT2D eigenvalue weighted by Crippen LogP contribution is 2.24. The first kappa shape index (κ1) is 18.4. The zero-order valence-corrected chi connectivity index (χ0v) is 13.0. The van der Waals surface area contributed by atoms with Crippen LogP contribution in [-0.4, -0.2) is 34.0 Å². The van der Waals surface area contributed by atoms with E-state index in [1.165, 1.54) is 7.11 Å². The molecule has 0 bridgehead atoms. The molecule has 0 fully saturated rings. The molecule has 1 rings (SSSR count). The number of methoxy groups -OCH3 is 1. The number of aryl methyl sites for hydroxylation is 1. The number of nitrogens with zero attached hydrogens (tertiary/aromatic N) is 3. The summed E-state index contributed by atoms with van der Waals surface area (Å²) in [7, 11) is -2.03. The van der Waals surface area contributed by atoms with Crippen LogP contribution in [0.25, 0.3) is 10.4 Å². The molecule has 7 nitrogen and oxygen atoms in total. The van der Waals surface area contributed by atoms with Crippen molar-refractivity contribution in [2.45, 2.75) is 25.0 Å². The van der Waals surface area contributed by atoms with Crippen LogP contribution < -0.4 is 5.14 Å². The number of sulfonamides is 1. The molecule has 0 saturated carbocycles. The molecule has 0 amide bonds. The maximum absolute atomic E-state index is 12.9. The van der Waals surface area contributed by atoms with E-state index in [1.54, 1.807) is 24.3 Å². The van der Waals surface area contributed by atoms with Crippen LogP contribution in [0, 0.1) is 0 Å². The van der Waals surface area contributed by atoms with E-state index < -0.39 is 28.8 Å². The molecule has 0 saturated heterocycles. The van der Waals surface area contributed by atoms with Gasteiger partial charge in [-0.25, -0.2) is 13.6 Å². The Bertz CT molecular complexity index is 615. The van der Waals surface area contributed by atoms with E-state index in [9.17, 15) is 12.8 Å². The third kappa shape index (κ3) is 5.98. The number of halogens is 1. The molecule has 22 heavy (non-hydrogen) atoms. The molecule has 0 aliphatic heterocycles. The summed E-state index contributed by atoms with van der Waals surface area (Å²) in [6.07, 6.45) is 0.328. The van der Waals surface area contributed by atoms with E-state index >= 15 is 0 Å². The lowest BCUT2D eigenvalue weighted by Gasteiger charge is -2.20. The minimum Gasteiger partial charge on any atom is -0.376 e. The van der Waals surface area contributed by atoms with Gasteiger partial charge in [0.15, 0.2) is 0 Å². The maximum atomic E-state index is 12.9. The number of hydrogen-bond donors (Lipinski definition) is 1. The molecule has 2 atom stereocenters. The van der Waals surface area contributed by atoms with Gasteiger partial charge in [-0.2, -0.15) is 0 Å². The fourth-order valence-corrected chi connectivity index (χ4v) is 2.65. The average molecular weight is 330 g/mol. The molecule has 0 aliphatic carbocycles. The summed E-state index contributed by atoms with van der Waals surface area (Å²) in [5.41, 5.74) is 10.1. The van der Waals surface area contributed by atoms with Crippen LogP contribution in [0.3, 0.4) is 0 Å². The lowest BCUT2D eigenvalue weighted by atomic mass is 10.0. The van der Waals surface area contributed by atoms with Crippen molar-refractivity contribution in [2.75, 3.05) is 19.5 Å². The van der Waals surface area contributed by atoms with Gasteiger partial charge in [-0.15, -0.1) is 0 Å². The summed E-state index contributed by atoms with van der Waals surface area (Å²) in [4.78, 5) is 2.62. The SMILES string of the molecule is CO[C@H](c1ccc(CCCS(N)(=O)=O)cc1)[C@@H](CF)N=[N+]=[N-]. The van der Waals surface area contributed by atoms with Gasteiger partial charge in [0.05, 0.1) is 17.9 Å². The maximum Gasteiger partial charge on any atom is 0.209 e. The summed E-state index contributed by atoms with van der Waals surface area (Å²) in [6, 6.07) is 6.17. The molecule has 122 valence electrons. The molecule has 0 unspecified atom stereocenters. The zero-order chi connectivity index (χ0) is 16.6. The molecular formula is C13H19FN4O3S. The molecule has 2 N–H and O–H groups in total. The monoisotopic (exact) mass is 330 g/mol. The molecule has 1 aromatic carbocycles. The van der Waals surface area contributed by atoms with Crippen molar-refractivity contribution in [3.63, 3.8) is 0 Å². The van der Waals surface area contributed by atoms with Crippen molar-refractivity contribution in [2.24, 2.45) is 10.3 Å². The van der Waals surface area contributed by atoms with Gasteiger partial charge in [0.25, 0.3) is 0 Å². The van der Waals surface area contributed by atoms with Crippen molar-refractivity contribution in [1.29, 1.82) is 0 Å². The minimum atomic E-state index is -3.45. The third-order valence-corrected chi connectivity index (χ3v) is 4.02. The predicted molar refractivity (Wildman–Crippen MR) is 81.4 cm³/mol. The van der Waals surface area contributed by atoms with Gasteiger partial charge in [0.2, 0.25) is 10.0 Å². The Labute approximate surface area is 128 Å². The standard InChI is InChI=1S/C13H19FN4O3S/c1-21-13(12(9-14)17-18-15)11-6-4-10(5-7-11)3-2-8-22(16,19)20/h4-7,12-13H,2-3,8-9H2,1H3,(H2,16,19,20)/t12-,13-/m1/s1. The number of hydrogen-bond acceptors (Lipinski definition) is 4. The quantitative estimate of drug-likeness (QED) is 0.425. The van der Waals surface area contributed by atoms with Gasteiger partial charge in [0.1, 0.15) is 6.67 Å². The van der Waals surface area contributed by atoms with Crippen molar-refractivity contribution < 1.29 is 17.5 Å². The summed E-state index contributed by atoms with van der Waals surface area (Å²) < 4.78 is 39.8. The first-order chi connectivity index (χ1) is 10.4. The van der Waals surface area contributed by atoms with E-state index in [-0.39, 0.29) is 5.75 Å². The molecule has 0 aromatic heterocycles. The Morgan fingerprint density at radius 2 is 2.05 bits per heavy atom. The van der Waals surface area contributed by atoms with Crippen LogP contribution in [0.1, 0.15) is 23.7 Å². The molecule has 0 heterocycles. The fraction of sp³-hybridized carbons (Fsp3) is 0.538. The van der Waals surface area contributed by atoms with Crippen LogP contribution in [0.15, 0.2) is 29.4 Å². The Morgan fingerprint density at radius 1 is 1.41 bits per heavy atom. The number of ether oxygens (including phenoxy) is 1. The highest BCUT2D eigenvalue weighted by Gasteiger charge is 2.22. The Balaban J connectivity index is 2.75. The van der Waals surface area contributed by atoms with E-state index in [0.29, 0.717) is 18.4 Å². The van der Waals surface area contributed by atoms with Crippen molar-refractivity contribution >= 4 is 10.0 Å². The number of azide groups is 1. The number of alkyl halides is 1. The van der Waals surface area contributed by atoms with Crippen molar-refractivity contribution in [3.05, 3.63) is 45.8 Å². The van der Waals surface area contributed by atoms with Crippen LogP contribution in [-0.2, 0) is 21.2 Å². The average Bonchev–Trinajstić information content (AvgIpc) is 2.47. The zero-order valence-electron chi connectivity index (χ0n) is 12.2. The van der Waals surface area contributed by atoms with Crippen LogP contribution in [0.5, 0.6) is 0 Å². The smallest absolute Gasteiger partial charge is 0.209 e. The van der Waals surface area contributed by atoms with Gasteiger partial charge in [-0.05, 0) is 29.5 Å². The van der Waals surface area contributed by atoms with Gasteiger partial charge in [-0.3, -0.25) is 4.39 Å². The highest BCUT2D eigenvalue weighted by molar-refractivity contribution is 7.89. The van der Waals surface area contributed by atoms with Crippen molar-refractivity contribution in [3.8, 4) is 0 Å². The minimum absolute atomic E-state index is 0.0732. The van der Waals surface area contributed by atoms with Crippen molar-refractivity contribution in [1.82, 2.24) is 0 Å². The molecular weight excluding hydrogens is 311 g/mol. The van der Waals surface area contributed by atoms with Crippen LogP contribution in [0.2, 0.25) is 0 Å². The molecule has 0 aliphatic rings. The summed E-state index contributed by atoms with van der Waals surface area (Å²) in [6.45, 7) is -0.821. The first-order valence-corrected chi connectivity index (χ1v) is 8.35. The molecule has 1 aromatic rings. The number of benzene rings is 1. The van der Waals surface area contributed by atoms with Gasteiger partial charge in [0, 0.05) is 12.0 Å². The summed E-state index contributed by atoms with van der Waals surface area (Å²) >= 11 is 0. The predicted octanol–water partition coefficient (Wildman–Crippen LogP) is 2.24. The number of primary sulfonamides is 1. The molecule has 0 spiro atoms. The summed E-state index contributed by atoms with van der Waals surface area (Å²) in [5, 5.41) is 8.33. The lowest BCUT2D eigenvalue weighted by Crippen LogP contribution is -2.20. The van der Waals surface area contributed by atoms with Crippen LogP contribution in [0.4, 0.5) is 4.39 Å². The number of nitrogens with two attached hydrogens (primary N) is 1. The molecule has 9 heteroatoms. The second-order valence-electron chi connectivity index (χ2n) is 4.79. The largest absolute Gasteiger partial charge is 0.376 e. The fourth-order valence-electron chi connectivity index (χ4n) is 2.11. The van der Waals surface area contributed by atoms with Gasteiger partial charge < -0.3 is 4.74 Å². The summed E-state index contributed by atoms with van der Waals surface area (Å²) in [5.74, 6) is -0.0732. The normalized spacial score (nSPS) is 14.1. The number of rotatable bonds is 9. The highest BCUT2D eigenvalue weighted by atomic mass is 32.2. The van der Waals surface area contributed by atoms with Gasteiger partial charge in [-0.1, -0.05) is 29.4 Å². The first-order valence-electron chi connectivity index (χ1n) is 6.63. The van der Waals surface area contributed by atoms with Crippen LogP contribution >= 0.6 is 0 Å². The second-order valence-corrected chi connectivity index (χ2v) is 6.53. The Hall–Kier alpha value is -1.67. The second kappa shape index (κ2) is 8.70. The lowest BCUT2D eigenvalue weighted by molar-refractivity contribution is 0.0722. The van der Waals surface area contributed by atoms with E-state index in [2.05, 4.69) is 10.0 Å². The third-order valence-electron chi connectivity index (χ3n) is 3.16. The molecule has 0 radical (unpaired) electrons. The van der Waals surface area contributed by atoms with Gasteiger partial charge >= 0.3 is 0 Å². The van der Waals surface area contributed by atoms with E-state index in [0.717, 1.165) is 5.56 Å². The topological polar surface area (TPSA) is 118 Å². The Morgan fingerprint density at radius 3 is 2.50 bits per heavy atom. The van der Waals surface area contributed by atoms with E-state index in [1.807, 2.05) is 0 Å². The Kier molecular flexibility index (Phi) is 7.26.